The quantitative estimate of drug-likeness (QED) is 0.213. The van der Waals surface area contributed by atoms with Crippen molar-refractivity contribution in [1.82, 2.24) is 0 Å². The summed E-state index contributed by atoms with van der Waals surface area (Å²) in [7, 11) is 0. The molecular formula is C22H21ClF4O5. The summed E-state index contributed by atoms with van der Waals surface area (Å²) in [6, 6.07) is 3.82. The average molecular weight is 477 g/mol. The SMILES string of the molecule is C#CCOCC(O)COc1c(F)cc(Cc2cc(F)c(OCC(O)CCl)c(F)c2)cc1F. The molecule has 0 fully saturated rings. The summed E-state index contributed by atoms with van der Waals surface area (Å²) in [6.45, 7) is -1.04. The molecule has 0 amide bonds. The van der Waals surface area contributed by atoms with E-state index in [1.807, 2.05) is 0 Å². The van der Waals surface area contributed by atoms with Crippen LogP contribution < -0.4 is 9.47 Å². The Bertz CT molecular complexity index is 904. The average Bonchev–Trinajstić information content (AvgIpc) is 2.72. The fraction of sp³-hybridized carbons (Fsp3) is 0.364. The zero-order chi connectivity index (χ0) is 23.7. The van der Waals surface area contributed by atoms with Crippen molar-refractivity contribution in [3.05, 3.63) is 58.7 Å². The van der Waals surface area contributed by atoms with E-state index in [1.54, 1.807) is 0 Å². The number of hydrogen-bond acceptors (Lipinski definition) is 5. The van der Waals surface area contributed by atoms with Crippen molar-refractivity contribution < 1.29 is 42.0 Å². The van der Waals surface area contributed by atoms with E-state index in [2.05, 4.69) is 5.92 Å². The lowest BCUT2D eigenvalue weighted by Crippen LogP contribution is -2.24. The van der Waals surface area contributed by atoms with Crippen LogP contribution in [0, 0.1) is 35.6 Å². The molecule has 2 unspecified atom stereocenters. The lowest BCUT2D eigenvalue weighted by Gasteiger charge is -2.14. The highest BCUT2D eigenvalue weighted by Gasteiger charge is 2.18. The van der Waals surface area contributed by atoms with Gasteiger partial charge in [0.1, 0.15) is 32.0 Å². The van der Waals surface area contributed by atoms with Crippen LogP contribution in [-0.2, 0) is 11.2 Å². The van der Waals surface area contributed by atoms with E-state index in [0.717, 1.165) is 24.3 Å². The van der Waals surface area contributed by atoms with E-state index in [0.29, 0.717) is 0 Å². The number of alkyl halides is 1. The fourth-order valence-corrected chi connectivity index (χ4v) is 2.74. The van der Waals surface area contributed by atoms with Crippen molar-refractivity contribution in [3.8, 4) is 23.8 Å². The normalized spacial score (nSPS) is 12.8. The highest BCUT2D eigenvalue weighted by atomic mass is 35.5. The number of aliphatic hydroxyl groups excluding tert-OH is 2. The molecule has 0 saturated heterocycles. The van der Waals surface area contributed by atoms with Crippen LogP contribution in [0.2, 0.25) is 0 Å². The Kier molecular flexibility index (Phi) is 10.1. The number of halogens is 5. The first-order chi connectivity index (χ1) is 15.2. The molecule has 2 aromatic carbocycles. The Balaban J connectivity index is 2.06. The Morgan fingerprint density at radius 2 is 1.25 bits per heavy atom. The van der Waals surface area contributed by atoms with E-state index in [9.17, 15) is 27.8 Å². The molecule has 0 aliphatic heterocycles. The maximum atomic E-state index is 14.3. The molecule has 0 bridgehead atoms. The summed E-state index contributed by atoms with van der Waals surface area (Å²) < 4.78 is 71.7. The van der Waals surface area contributed by atoms with Crippen LogP contribution >= 0.6 is 11.6 Å². The van der Waals surface area contributed by atoms with Gasteiger partial charge in [0.25, 0.3) is 0 Å². The lowest BCUT2D eigenvalue weighted by molar-refractivity contribution is 0.0211. The van der Waals surface area contributed by atoms with Crippen molar-refractivity contribution in [3.63, 3.8) is 0 Å². The first-order valence-electron chi connectivity index (χ1n) is 9.39. The van der Waals surface area contributed by atoms with E-state index >= 15 is 0 Å². The van der Waals surface area contributed by atoms with Gasteiger partial charge in [-0.2, -0.15) is 0 Å². The number of aliphatic hydroxyl groups is 2. The zero-order valence-corrected chi connectivity index (χ0v) is 17.5. The van der Waals surface area contributed by atoms with E-state index < -0.39 is 60.2 Å². The molecule has 2 N–H and O–H groups in total. The second kappa shape index (κ2) is 12.5. The van der Waals surface area contributed by atoms with Crippen molar-refractivity contribution in [2.24, 2.45) is 0 Å². The molecule has 0 aliphatic carbocycles. The molecule has 32 heavy (non-hydrogen) atoms. The molecule has 0 aromatic heterocycles. The van der Waals surface area contributed by atoms with Crippen LogP contribution in [0.25, 0.3) is 0 Å². The number of rotatable bonds is 12. The fourth-order valence-electron chi connectivity index (χ4n) is 2.65. The second-order valence-corrected chi connectivity index (χ2v) is 7.07. The molecule has 0 radical (unpaired) electrons. The van der Waals surface area contributed by atoms with Crippen molar-refractivity contribution in [1.29, 1.82) is 0 Å². The first kappa shape index (κ1) is 25.7. The predicted molar refractivity (Wildman–Crippen MR) is 109 cm³/mol. The van der Waals surface area contributed by atoms with Crippen LogP contribution in [0.3, 0.4) is 0 Å². The summed E-state index contributed by atoms with van der Waals surface area (Å²) in [4.78, 5) is 0. The molecule has 2 aromatic rings. The van der Waals surface area contributed by atoms with Gasteiger partial charge in [-0.3, -0.25) is 0 Å². The molecule has 2 atom stereocenters. The van der Waals surface area contributed by atoms with E-state index in [1.165, 1.54) is 0 Å². The molecule has 5 nitrogen and oxygen atoms in total. The zero-order valence-electron chi connectivity index (χ0n) is 16.8. The molecule has 10 heteroatoms. The summed E-state index contributed by atoms with van der Waals surface area (Å²) in [5.74, 6) is -3.54. The topological polar surface area (TPSA) is 68.2 Å². The highest BCUT2D eigenvalue weighted by Crippen LogP contribution is 2.28. The van der Waals surface area contributed by atoms with Gasteiger partial charge < -0.3 is 24.4 Å². The molecule has 0 spiro atoms. The number of hydrogen-bond donors (Lipinski definition) is 2. The van der Waals surface area contributed by atoms with Crippen LogP contribution in [0.15, 0.2) is 24.3 Å². The lowest BCUT2D eigenvalue weighted by atomic mass is 10.0. The van der Waals surface area contributed by atoms with E-state index in [-0.39, 0.29) is 36.6 Å². The van der Waals surface area contributed by atoms with Gasteiger partial charge in [-0.05, 0) is 41.8 Å². The van der Waals surface area contributed by atoms with Crippen molar-refractivity contribution >= 4 is 11.6 Å². The standard InChI is InChI=1S/C22H21ClF4O5/c1-2-3-30-10-16(29)12-32-22-19(26)7-14(8-20(22)27)4-13-5-17(24)21(18(25)6-13)31-11-15(28)9-23/h1,5-8,15-16,28-29H,3-4,9-12H2. The summed E-state index contributed by atoms with van der Waals surface area (Å²) >= 11 is 5.40. The van der Waals surface area contributed by atoms with Crippen LogP contribution in [0.4, 0.5) is 17.6 Å². The maximum Gasteiger partial charge on any atom is 0.190 e. The molecule has 0 saturated carbocycles. The smallest absolute Gasteiger partial charge is 0.190 e. The molecule has 0 aliphatic rings. The second-order valence-electron chi connectivity index (χ2n) is 6.76. The largest absolute Gasteiger partial charge is 0.485 e. The first-order valence-corrected chi connectivity index (χ1v) is 9.93. The van der Waals surface area contributed by atoms with Gasteiger partial charge in [-0.1, -0.05) is 5.92 Å². The Labute approximate surface area is 187 Å². The van der Waals surface area contributed by atoms with Gasteiger partial charge in [0, 0.05) is 0 Å². The van der Waals surface area contributed by atoms with Crippen LogP contribution in [0.5, 0.6) is 11.5 Å². The minimum absolute atomic E-state index is 0.0296. The molecule has 2 rings (SSSR count). The summed E-state index contributed by atoms with van der Waals surface area (Å²) in [5, 5.41) is 19.0. The van der Waals surface area contributed by atoms with Gasteiger partial charge in [-0.15, -0.1) is 18.0 Å². The Hall–Kier alpha value is -2.51. The molecule has 0 heterocycles. The number of benzene rings is 2. The Morgan fingerprint density at radius 3 is 1.66 bits per heavy atom. The van der Waals surface area contributed by atoms with Gasteiger partial charge in [0.15, 0.2) is 34.8 Å². The maximum absolute atomic E-state index is 14.3. The predicted octanol–water partition coefficient (Wildman–Crippen LogP) is 3.20. The van der Waals surface area contributed by atoms with Crippen LogP contribution in [-0.4, -0.2) is 54.7 Å². The molecular weight excluding hydrogens is 456 g/mol. The summed E-state index contributed by atoms with van der Waals surface area (Å²) in [6.07, 6.45) is 2.56. The third-order valence-electron chi connectivity index (χ3n) is 4.04. The summed E-state index contributed by atoms with van der Waals surface area (Å²) in [5.41, 5.74) is 0.189. The van der Waals surface area contributed by atoms with E-state index in [4.69, 9.17) is 32.2 Å². The van der Waals surface area contributed by atoms with Gasteiger partial charge >= 0.3 is 0 Å². The third-order valence-corrected chi connectivity index (χ3v) is 4.39. The van der Waals surface area contributed by atoms with Gasteiger partial charge in [0.05, 0.1) is 12.5 Å². The minimum atomic E-state index is -1.15. The number of terminal acetylenes is 1. The highest BCUT2D eigenvalue weighted by molar-refractivity contribution is 6.18. The van der Waals surface area contributed by atoms with Crippen LogP contribution in [0.1, 0.15) is 11.1 Å². The molecule has 174 valence electrons. The van der Waals surface area contributed by atoms with Gasteiger partial charge in [0.2, 0.25) is 0 Å². The number of ether oxygens (including phenoxy) is 3. The monoisotopic (exact) mass is 476 g/mol. The van der Waals surface area contributed by atoms with Crippen molar-refractivity contribution in [2.75, 3.05) is 32.3 Å². The van der Waals surface area contributed by atoms with Gasteiger partial charge in [-0.25, -0.2) is 17.6 Å². The minimum Gasteiger partial charge on any atom is -0.485 e. The van der Waals surface area contributed by atoms with Crippen molar-refractivity contribution in [2.45, 2.75) is 18.6 Å². The Morgan fingerprint density at radius 1 is 0.812 bits per heavy atom. The third kappa shape index (κ3) is 7.57.